The Morgan fingerprint density at radius 2 is 0.708 bits per heavy atom. The van der Waals surface area contributed by atoms with E-state index in [1.807, 2.05) is 0 Å². The van der Waals surface area contributed by atoms with E-state index in [1.165, 1.54) is 13.8 Å². The maximum atomic E-state index is 12.2. The summed E-state index contributed by atoms with van der Waals surface area (Å²) in [5.41, 5.74) is -0.574. The van der Waals surface area contributed by atoms with Gasteiger partial charge in [0, 0.05) is 0 Å². The van der Waals surface area contributed by atoms with Crippen molar-refractivity contribution < 1.29 is 38.1 Å². The highest BCUT2D eigenvalue weighted by Crippen LogP contribution is 2.30. The van der Waals surface area contributed by atoms with Crippen molar-refractivity contribution in [2.75, 3.05) is 28.4 Å². The van der Waals surface area contributed by atoms with Crippen LogP contribution in [0.4, 0.5) is 0 Å². The van der Waals surface area contributed by atoms with Crippen molar-refractivity contribution >= 4 is 23.9 Å². The lowest BCUT2D eigenvalue weighted by Gasteiger charge is -2.19. The van der Waals surface area contributed by atoms with Crippen LogP contribution in [0.2, 0.25) is 0 Å². The van der Waals surface area contributed by atoms with Crippen LogP contribution in [0.25, 0.3) is 0 Å². The SMILES string of the molecule is COC(=O)c1c(C)c(C)c(C(=O)OC)c(C(=O)OC)c1C(=O)OC. The lowest BCUT2D eigenvalue weighted by molar-refractivity contribution is 0.0520. The van der Waals surface area contributed by atoms with Gasteiger partial charge in [-0.05, 0) is 25.0 Å². The van der Waals surface area contributed by atoms with Gasteiger partial charge in [-0.25, -0.2) is 19.2 Å². The summed E-state index contributed by atoms with van der Waals surface area (Å²) in [5, 5.41) is 0. The molecule has 0 aliphatic carbocycles. The summed E-state index contributed by atoms with van der Waals surface area (Å²) < 4.78 is 18.7. The number of ether oxygens (including phenoxy) is 4. The average Bonchev–Trinajstić information content (AvgIpc) is 2.60. The highest BCUT2D eigenvalue weighted by Gasteiger charge is 2.35. The molecule has 1 aromatic carbocycles. The van der Waals surface area contributed by atoms with Gasteiger partial charge in [0.1, 0.15) is 0 Å². The van der Waals surface area contributed by atoms with Crippen LogP contribution in [0.3, 0.4) is 0 Å². The highest BCUT2D eigenvalue weighted by molar-refractivity contribution is 6.16. The second kappa shape index (κ2) is 7.58. The van der Waals surface area contributed by atoms with Gasteiger partial charge in [-0.3, -0.25) is 0 Å². The van der Waals surface area contributed by atoms with Crippen LogP contribution in [0.5, 0.6) is 0 Å². The van der Waals surface area contributed by atoms with Crippen molar-refractivity contribution in [3.05, 3.63) is 33.4 Å². The third-order valence-corrected chi connectivity index (χ3v) is 3.62. The molecular weight excluding hydrogens is 320 g/mol. The largest absolute Gasteiger partial charge is 0.465 e. The number of esters is 4. The molecule has 0 bridgehead atoms. The number of benzene rings is 1. The first-order chi connectivity index (χ1) is 11.3. The van der Waals surface area contributed by atoms with E-state index in [9.17, 15) is 19.2 Å². The minimum atomic E-state index is -0.982. The van der Waals surface area contributed by atoms with E-state index < -0.39 is 35.0 Å². The van der Waals surface area contributed by atoms with Gasteiger partial charge in [0.05, 0.1) is 50.7 Å². The fraction of sp³-hybridized carbons (Fsp3) is 0.375. The summed E-state index contributed by atoms with van der Waals surface area (Å²) in [6.07, 6.45) is 0. The van der Waals surface area contributed by atoms with Crippen LogP contribution in [-0.4, -0.2) is 52.3 Å². The molecule has 1 aromatic rings. The van der Waals surface area contributed by atoms with Gasteiger partial charge in [0.2, 0.25) is 0 Å². The molecule has 0 unspecified atom stereocenters. The molecule has 8 nitrogen and oxygen atoms in total. The molecule has 0 saturated carbocycles. The van der Waals surface area contributed by atoms with Crippen LogP contribution in [0.1, 0.15) is 52.6 Å². The molecule has 0 aliphatic rings. The smallest absolute Gasteiger partial charge is 0.339 e. The zero-order chi connectivity index (χ0) is 18.6. The Hall–Kier alpha value is -2.90. The summed E-state index contributed by atoms with van der Waals surface area (Å²) in [5.74, 6) is -3.66. The van der Waals surface area contributed by atoms with Crippen molar-refractivity contribution in [1.82, 2.24) is 0 Å². The quantitative estimate of drug-likeness (QED) is 0.600. The Kier molecular flexibility index (Phi) is 6.05. The van der Waals surface area contributed by atoms with Gasteiger partial charge in [-0.15, -0.1) is 0 Å². The van der Waals surface area contributed by atoms with Crippen molar-refractivity contribution in [3.63, 3.8) is 0 Å². The number of hydrogen-bond acceptors (Lipinski definition) is 8. The Bertz CT molecular complexity index is 657. The molecule has 0 fully saturated rings. The summed E-state index contributed by atoms with van der Waals surface area (Å²) in [6.45, 7) is 3.03. The van der Waals surface area contributed by atoms with Crippen molar-refractivity contribution in [2.24, 2.45) is 0 Å². The van der Waals surface area contributed by atoms with Gasteiger partial charge in [0.25, 0.3) is 0 Å². The topological polar surface area (TPSA) is 105 Å². The predicted molar refractivity (Wildman–Crippen MR) is 81.3 cm³/mol. The molecule has 0 saturated heterocycles. The molecule has 0 spiro atoms. The zero-order valence-corrected chi connectivity index (χ0v) is 14.3. The van der Waals surface area contributed by atoms with E-state index in [4.69, 9.17) is 0 Å². The van der Waals surface area contributed by atoms with E-state index in [2.05, 4.69) is 18.9 Å². The standard InChI is InChI=1S/C16H18O8/c1-7-8(2)10(14(18)22-4)12(16(20)24-6)11(15(19)23-5)9(7)13(17)21-3/h1-6H3. The number of hydrogen-bond donors (Lipinski definition) is 0. The molecule has 0 aromatic heterocycles. The second-order valence-electron chi connectivity index (χ2n) is 4.72. The van der Waals surface area contributed by atoms with Crippen LogP contribution in [0.15, 0.2) is 0 Å². The molecule has 24 heavy (non-hydrogen) atoms. The van der Waals surface area contributed by atoms with Crippen LogP contribution in [0, 0.1) is 13.8 Å². The maximum absolute atomic E-state index is 12.2. The van der Waals surface area contributed by atoms with Gasteiger partial charge in [0.15, 0.2) is 0 Å². The summed E-state index contributed by atoms with van der Waals surface area (Å²) in [6, 6.07) is 0. The summed E-state index contributed by atoms with van der Waals surface area (Å²) >= 11 is 0. The number of carbonyl (C=O) groups excluding carboxylic acids is 4. The van der Waals surface area contributed by atoms with Gasteiger partial charge in [-0.2, -0.15) is 0 Å². The third kappa shape index (κ3) is 3.08. The van der Waals surface area contributed by atoms with Gasteiger partial charge >= 0.3 is 23.9 Å². The molecule has 0 amide bonds. The Morgan fingerprint density at radius 3 is 0.917 bits per heavy atom. The molecule has 130 valence electrons. The molecule has 1 rings (SSSR count). The van der Waals surface area contributed by atoms with Crippen LogP contribution < -0.4 is 0 Å². The number of carbonyl (C=O) groups is 4. The van der Waals surface area contributed by atoms with E-state index in [0.717, 1.165) is 28.4 Å². The number of rotatable bonds is 4. The fourth-order valence-corrected chi connectivity index (χ4v) is 2.33. The third-order valence-electron chi connectivity index (χ3n) is 3.62. The monoisotopic (exact) mass is 338 g/mol. The molecular formula is C16H18O8. The lowest BCUT2D eigenvalue weighted by atomic mass is 9.87. The fourth-order valence-electron chi connectivity index (χ4n) is 2.33. The lowest BCUT2D eigenvalue weighted by Crippen LogP contribution is -2.25. The molecule has 0 N–H and O–H groups in total. The first kappa shape index (κ1) is 19.1. The Balaban J connectivity index is 4.13. The maximum Gasteiger partial charge on any atom is 0.339 e. The molecule has 8 heteroatoms. The molecule has 0 atom stereocenters. The highest BCUT2D eigenvalue weighted by atomic mass is 16.5. The van der Waals surface area contributed by atoms with Gasteiger partial charge in [-0.1, -0.05) is 0 Å². The minimum Gasteiger partial charge on any atom is -0.465 e. The average molecular weight is 338 g/mol. The first-order valence-electron chi connectivity index (χ1n) is 6.77. The minimum absolute atomic E-state index is 0.171. The Labute approximate surface area is 138 Å². The predicted octanol–water partition coefficient (Wildman–Crippen LogP) is 1.45. The molecule has 0 radical (unpaired) electrons. The van der Waals surface area contributed by atoms with Crippen LogP contribution in [-0.2, 0) is 18.9 Å². The second-order valence-corrected chi connectivity index (χ2v) is 4.72. The molecule has 0 aliphatic heterocycles. The molecule has 0 heterocycles. The van der Waals surface area contributed by atoms with Crippen molar-refractivity contribution in [3.8, 4) is 0 Å². The normalized spacial score (nSPS) is 9.92. The van der Waals surface area contributed by atoms with Crippen molar-refractivity contribution in [2.45, 2.75) is 13.8 Å². The number of methoxy groups -OCH3 is 4. The van der Waals surface area contributed by atoms with Crippen LogP contribution >= 0.6 is 0 Å². The zero-order valence-electron chi connectivity index (χ0n) is 14.3. The summed E-state index contributed by atoms with van der Waals surface area (Å²) in [7, 11) is 4.42. The van der Waals surface area contributed by atoms with Gasteiger partial charge < -0.3 is 18.9 Å². The summed E-state index contributed by atoms with van der Waals surface area (Å²) in [4.78, 5) is 48.8. The van der Waals surface area contributed by atoms with E-state index >= 15 is 0 Å². The van der Waals surface area contributed by atoms with E-state index in [0.29, 0.717) is 0 Å². The van der Waals surface area contributed by atoms with Crippen molar-refractivity contribution in [1.29, 1.82) is 0 Å². The first-order valence-corrected chi connectivity index (χ1v) is 6.77. The van der Waals surface area contributed by atoms with E-state index in [-0.39, 0.29) is 22.3 Å². The Morgan fingerprint density at radius 1 is 0.500 bits per heavy atom. The van der Waals surface area contributed by atoms with E-state index in [1.54, 1.807) is 0 Å².